The molecular formula is C13H22N4O3. The molecule has 7 nitrogen and oxygen atoms in total. The van der Waals surface area contributed by atoms with Crippen LogP contribution in [0.15, 0.2) is 12.4 Å². The molecule has 0 saturated heterocycles. The van der Waals surface area contributed by atoms with Gasteiger partial charge in [0.2, 0.25) is 0 Å². The van der Waals surface area contributed by atoms with Crippen molar-refractivity contribution in [2.75, 3.05) is 6.54 Å². The highest BCUT2D eigenvalue weighted by Gasteiger charge is 2.33. The third-order valence-corrected chi connectivity index (χ3v) is 3.00. The van der Waals surface area contributed by atoms with Crippen LogP contribution in [0.5, 0.6) is 0 Å². The van der Waals surface area contributed by atoms with Crippen molar-refractivity contribution in [1.82, 2.24) is 20.4 Å². The molecule has 20 heavy (non-hydrogen) atoms. The minimum absolute atomic E-state index is 0.383. The Morgan fingerprint density at radius 3 is 2.70 bits per heavy atom. The van der Waals surface area contributed by atoms with E-state index in [9.17, 15) is 9.59 Å². The molecule has 1 unspecified atom stereocenters. The van der Waals surface area contributed by atoms with Crippen molar-refractivity contribution in [3.8, 4) is 0 Å². The first-order valence-electron chi connectivity index (χ1n) is 6.66. The summed E-state index contributed by atoms with van der Waals surface area (Å²) < 4.78 is 1.72. The molecule has 0 aromatic carbocycles. The SMILES string of the molecule is CCCC(C)(NC(=O)NCCn1cc(C)cn1)C(=O)O. The number of carboxylic acids is 1. The number of carbonyl (C=O) groups is 2. The number of aliphatic carboxylic acids is 1. The van der Waals surface area contributed by atoms with Crippen LogP contribution in [0.25, 0.3) is 0 Å². The van der Waals surface area contributed by atoms with E-state index in [0.717, 1.165) is 5.56 Å². The van der Waals surface area contributed by atoms with Gasteiger partial charge in [0.25, 0.3) is 0 Å². The van der Waals surface area contributed by atoms with E-state index in [1.54, 1.807) is 10.9 Å². The van der Waals surface area contributed by atoms with Gasteiger partial charge >= 0.3 is 12.0 Å². The third-order valence-electron chi connectivity index (χ3n) is 3.00. The van der Waals surface area contributed by atoms with Crippen molar-refractivity contribution in [3.05, 3.63) is 18.0 Å². The Kier molecular flexibility index (Phi) is 5.54. The normalized spacial score (nSPS) is 13.6. The molecule has 1 aromatic heterocycles. The number of carboxylic acid groups (broad SMARTS) is 1. The second kappa shape index (κ2) is 6.93. The molecule has 0 bridgehead atoms. The first-order valence-corrected chi connectivity index (χ1v) is 6.66. The van der Waals surface area contributed by atoms with Gasteiger partial charge in [0.15, 0.2) is 0 Å². The summed E-state index contributed by atoms with van der Waals surface area (Å²) >= 11 is 0. The molecule has 0 aliphatic heterocycles. The Hall–Kier alpha value is -2.05. The zero-order valence-corrected chi connectivity index (χ0v) is 12.1. The number of hydrogen-bond acceptors (Lipinski definition) is 3. The van der Waals surface area contributed by atoms with E-state index in [-0.39, 0.29) is 0 Å². The molecule has 0 aliphatic rings. The number of carbonyl (C=O) groups excluding carboxylic acids is 1. The largest absolute Gasteiger partial charge is 0.480 e. The quantitative estimate of drug-likeness (QED) is 0.698. The highest BCUT2D eigenvalue weighted by Crippen LogP contribution is 2.12. The summed E-state index contributed by atoms with van der Waals surface area (Å²) in [5.74, 6) is -1.03. The van der Waals surface area contributed by atoms with Crippen molar-refractivity contribution < 1.29 is 14.7 Å². The Morgan fingerprint density at radius 1 is 1.50 bits per heavy atom. The van der Waals surface area contributed by atoms with E-state index in [1.165, 1.54) is 6.92 Å². The number of aromatic nitrogens is 2. The van der Waals surface area contributed by atoms with Crippen LogP contribution in [0.3, 0.4) is 0 Å². The maximum absolute atomic E-state index is 11.7. The molecule has 0 saturated carbocycles. The lowest BCUT2D eigenvalue weighted by Crippen LogP contribution is -2.55. The van der Waals surface area contributed by atoms with Gasteiger partial charge in [-0.3, -0.25) is 4.68 Å². The molecule has 1 atom stereocenters. The van der Waals surface area contributed by atoms with Gasteiger partial charge in [0.05, 0.1) is 12.7 Å². The molecule has 0 radical (unpaired) electrons. The van der Waals surface area contributed by atoms with Gasteiger partial charge in [-0.15, -0.1) is 0 Å². The minimum atomic E-state index is -1.23. The second-order valence-electron chi connectivity index (χ2n) is 5.05. The first-order chi connectivity index (χ1) is 9.37. The molecule has 2 amide bonds. The standard InChI is InChI=1S/C13H22N4O3/c1-4-5-13(3,11(18)19)16-12(20)14-6-7-17-9-10(2)8-15-17/h8-9H,4-7H2,1-3H3,(H,18,19)(H2,14,16,20). The summed E-state index contributed by atoms with van der Waals surface area (Å²) in [6.07, 6.45) is 4.67. The average molecular weight is 282 g/mol. The van der Waals surface area contributed by atoms with E-state index in [4.69, 9.17) is 5.11 Å². The van der Waals surface area contributed by atoms with Crippen LogP contribution in [0, 0.1) is 6.92 Å². The number of urea groups is 1. The van der Waals surface area contributed by atoms with Gasteiger partial charge in [-0.1, -0.05) is 13.3 Å². The topological polar surface area (TPSA) is 96.3 Å². The smallest absolute Gasteiger partial charge is 0.329 e. The maximum Gasteiger partial charge on any atom is 0.329 e. The van der Waals surface area contributed by atoms with Gasteiger partial charge in [-0.25, -0.2) is 9.59 Å². The summed E-state index contributed by atoms with van der Waals surface area (Å²) in [6, 6.07) is -0.479. The summed E-state index contributed by atoms with van der Waals surface area (Å²) in [7, 11) is 0. The molecule has 0 spiro atoms. The van der Waals surface area contributed by atoms with Gasteiger partial charge < -0.3 is 15.7 Å². The van der Waals surface area contributed by atoms with Gasteiger partial charge in [-0.05, 0) is 25.8 Å². The molecule has 0 aliphatic carbocycles. The van der Waals surface area contributed by atoms with E-state index < -0.39 is 17.5 Å². The molecule has 1 rings (SSSR count). The summed E-state index contributed by atoms with van der Waals surface area (Å²) in [4.78, 5) is 22.9. The Morgan fingerprint density at radius 2 is 2.20 bits per heavy atom. The Balaban J connectivity index is 2.40. The summed E-state index contributed by atoms with van der Waals surface area (Å²) in [5, 5.41) is 18.4. The highest BCUT2D eigenvalue weighted by atomic mass is 16.4. The van der Waals surface area contributed by atoms with Gasteiger partial charge in [0, 0.05) is 12.7 Å². The van der Waals surface area contributed by atoms with Crippen LogP contribution in [0.2, 0.25) is 0 Å². The lowest BCUT2D eigenvalue weighted by molar-refractivity contribution is -0.144. The second-order valence-corrected chi connectivity index (χ2v) is 5.05. The molecule has 0 fully saturated rings. The van der Waals surface area contributed by atoms with E-state index in [1.807, 2.05) is 20.0 Å². The van der Waals surface area contributed by atoms with Crippen LogP contribution in [0.1, 0.15) is 32.3 Å². The molecule has 7 heteroatoms. The van der Waals surface area contributed by atoms with Crippen LogP contribution in [-0.4, -0.2) is 39.0 Å². The maximum atomic E-state index is 11.7. The molecule has 112 valence electrons. The lowest BCUT2D eigenvalue weighted by atomic mass is 9.97. The monoisotopic (exact) mass is 282 g/mol. The first kappa shape index (κ1) is 16.0. The van der Waals surface area contributed by atoms with Crippen LogP contribution in [-0.2, 0) is 11.3 Å². The molecular weight excluding hydrogens is 260 g/mol. The number of rotatable bonds is 7. The predicted molar refractivity (Wildman–Crippen MR) is 74.4 cm³/mol. The summed E-state index contributed by atoms with van der Waals surface area (Å²) in [5.41, 5.74) is -0.183. The lowest BCUT2D eigenvalue weighted by Gasteiger charge is -2.25. The van der Waals surface area contributed by atoms with Gasteiger partial charge in [-0.2, -0.15) is 5.10 Å². The van der Waals surface area contributed by atoms with Crippen LogP contribution >= 0.6 is 0 Å². The zero-order valence-electron chi connectivity index (χ0n) is 12.1. The number of hydrogen-bond donors (Lipinski definition) is 3. The van der Waals surface area contributed by atoms with E-state index in [2.05, 4.69) is 15.7 Å². The van der Waals surface area contributed by atoms with E-state index in [0.29, 0.717) is 25.9 Å². The number of nitrogens with zero attached hydrogens (tertiary/aromatic N) is 2. The van der Waals surface area contributed by atoms with Crippen molar-refractivity contribution >= 4 is 12.0 Å². The van der Waals surface area contributed by atoms with E-state index >= 15 is 0 Å². The molecule has 1 aromatic rings. The summed E-state index contributed by atoms with van der Waals surface area (Å²) in [6.45, 7) is 6.25. The minimum Gasteiger partial charge on any atom is -0.480 e. The fourth-order valence-electron chi connectivity index (χ4n) is 1.89. The molecule has 3 N–H and O–H groups in total. The predicted octanol–water partition coefficient (Wildman–Crippen LogP) is 1.13. The molecule has 1 heterocycles. The van der Waals surface area contributed by atoms with Gasteiger partial charge in [0.1, 0.15) is 5.54 Å². The average Bonchev–Trinajstić information content (AvgIpc) is 2.75. The van der Waals surface area contributed by atoms with Crippen molar-refractivity contribution in [2.45, 2.75) is 45.7 Å². The highest BCUT2D eigenvalue weighted by molar-refractivity contribution is 5.85. The van der Waals surface area contributed by atoms with Crippen molar-refractivity contribution in [1.29, 1.82) is 0 Å². The number of nitrogens with one attached hydrogen (secondary N) is 2. The zero-order chi connectivity index (χ0) is 15.2. The number of amides is 2. The Labute approximate surface area is 118 Å². The Bertz CT molecular complexity index is 472. The van der Waals surface area contributed by atoms with Crippen molar-refractivity contribution in [2.24, 2.45) is 0 Å². The van der Waals surface area contributed by atoms with Crippen LogP contribution in [0.4, 0.5) is 4.79 Å². The third kappa shape index (κ3) is 4.56. The van der Waals surface area contributed by atoms with Crippen molar-refractivity contribution in [3.63, 3.8) is 0 Å². The number of aryl methyl sites for hydroxylation is 1. The fourth-order valence-corrected chi connectivity index (χ4v) is 1.89. The van der Waals surface area contributed by atoms with Crippen LogP contribution < -0.4 is 10.6 Å². The fraction of sp³-hybridized carbons (Fsp3) is 0.615.